The third kappa shape index (κ3) is 5.17. The molecule has 0 fully saturated rings. The van der Waals surface area contributed by atoms with Gasteiger partial charge < -0.3 is 9.64 Å². The van der Waals surface area contributed by atoms with Gasteiger partial charge in [-0.3, -0.25) is 9.10 Å². The number of rotatable bonds is 7. The van der Waals surface area contributed by atoms with E-state index in [0.29, 0.717) is 17.3 Å². The van der Waals surface area contributed by atoms with Gasteiger partial charge in [-0.05, 0) is 49.2 Å². The number of carbonyl (C=O) groups excluding carboxylic acids is 1. The molecule has 2 aromatic rings. The maximum atomic E-state index is 12.9. The Morgan fingerprint density at radius 3 is 2.29 bits per heavy atom. The Hall–Kier alpha value is -2.25. The summed E-state index contributed by atoms with van der Waals surface area (Å²) < 4.78 is 31.1. The van der Waals surface area contributed by atoms with Crippen LogP contribution in [0.4, 0.5) is 5.69 Å². The predicted molar refractivity (Wildman–Crippen MR) is 112 cm³/mol. The Balaban J connectivity index is 2.25. The van der Waals surface area contributed by atoms with Gasteiger partial charge >= 0.3 is 0 Å². The molecule has 0 saturated carbocycles. The van der Waals surface area contributed by atoms with Gasteiger partial charge in [0, 0.05) is 18.6 Å². The minimum absolute atomic E-state index is 0.321. The van der Waals surface area contributed by atoms with Gasteiger partial charge in [-0.25, -0.2) is 8.42 Å². The highest BCUT2D eigenvalue weighted by atomic mass is 35.5. The van der Waals surface area contributed by atoms with Gasteiger partial charge in [-0.15, -0.1) is 0 Å². The zero-order valence-electron chi connectivity index (χ0n) is 16.6. The minimum atomic E-state index is -3.70. The van der Waals surface area contributed by atoms with E-state index in [0.717, 1.165) is 27.4 Å². The molecule has 28 heavy (non-hydrogen) atoms. The van der Waals surface area contributed by atoms with E-state index in [-0.39, 0.29) is 5.91 Å². The number of amides is 1. The van der Waals surface area contributed by atoms with Gasteiger partial charge in [0.25, 0.3) is 0 Å². The molecule has 0 aliphatic rings. The molecule has 8 heteroatoms. The first kappa shape index (κ1) is 22.0. The fraction of sp³-hybridized carbons (Fsp3) is 0.350. The number of ether oxygens (including phenoxy) is 1. The lowest BCUT2D eigenvalue weighted by molar-refractivity contribution is -0.131. The van der Waals surface area contributed by atoms with E-state index in [1.54, 1.807) is 39.3 Å². The second kappa shape index (κ2) is 8.84. The molecule has 0 aromatic heterocycles. The summed E-state index contributed by atoms with van der Waals surface area (Å²) in [7, 11) is -0.465. The molecule has 0 bridgehead atoms. The second-order valence-corrected chi connectivity index (χ2v) is 8.98. The number of sulfonamides is 1. The summed E-state index contributed by atoms with van der Waals surface area (Å²) in [6.07, 6.45) is 1.08. The number of methoxy groups -OCH3 is 1. The summed E-state index contributed by atoms with van der Waals surface area (Å²) >= 11 is 6.16. The highest BCUT2D eigenvalue weighted by Gasteiger charge is 2.31. The molecule has 0 spiro atoms. The highest BCUT2D eigenvalue weighted by molar-refractivity contribution is 7.92. The van der Waals surface area contributed by atoms with Crippen LogP contribution in [-0.4, -0.2) is 45.7 Å². The maximum Gasteiger partial charge on any atom is 0.246 e. The minimum Gasteiger partial charge on any atom is -0.497 e. The average Bonchev–Trinajstić information content (AvgIpc) is 2.63. The highest BCUT2D eigenvalue weighted by Crippen LogP contribution is 2.27. The molecular weight excluding hydrogens is 400 g/mol. The first-order valence-corrected chi connectivity index (χ1v) is 10.9. The van der Waals surface area contributed by atoms with Gasteiger partial charge in [0.05, 0.1) is 19.1 Å². The van der Waals surface area contributed by atoms with Crippen LogP contribution in [0.5, 0.6) is 5.75 Å². The number of halogens is 1. The molecule has 1 amide bonds. The third-order valence-electron chi connectivity index (χ3n) is 4.43. The van der Waals surface area contributed by atoms with Crippen molar-refractivity contribution in [1.29, 1.82) is 0 Å². The monoisotopic (exact) mass is 424 g/mol. The Morgan fingerprint density at radius 2 is 1.79 bits per heavy atom. The SMILES string of the molecule is COc1ccc(CN(C)C(=O)[C@H](C)N(c2ccc(C)c(Cl)c2)S(C)(=O)=O)cc1. The summed E-state index contributed by atoms with van der Waals surface area (Å²) in [5, 5.41) is 0.442. The van der Waals surface area contributed by atoms with Crippen molar-refractivity contribution in [1.82, 2.24) is 4.90 Å². The fourth-order valence-electron chi connectivity index (χ4n) is 2.92. The number of benzene rings is 2. The van der Waals surface area contributed by atoms with E-state index >= 15 is 0 Å². The lowest BCUT2D eigenvalue weighted by Gasteiger charge is -2.31. The van der Waals surface area contributed by atoms with E-state index in [9.17, 15) is 13.2 Å². The lowest BCUT2D eigenvalue weighted by Crippen LogP contribution is -2.48. The molecule has 0 aliphatic heterocycles. The largest absolute Gasteiger partial charge is 0.497 e. The molecule has 2 aromatic carbocycles. The Morgan fingerprint density at radius 1 is 1.18 bits per heavy atom. The average molecular weight is 425 g/mol. The van der Waals surface area contributed by atoms with E-state index in [2.05, 4.69) is 0 Å². The number of likely N-dealkylation sites (N-methyl/N-ethyl adjacent to an activating group) is 1. The van der Waals surface area contributed by atoms with Crippen LogP contribution >= 0.6 is 11.6 Å². The topological polar surface area (TPSA) is 66.9 Å². The second-order valence-electron chi connectivity index (χ2n) is 6.71. The Bertz CT molecular complexity index is 945. The number of nitrogens with zero attached hydrogens (tertiary/aromatic N) is 2. The third-order valence-corrected chi connectivity index (χ3v) is 6.08. The van der Waals surface area contributed by atoms with Crippen molar-refractivity contribution >= 4 is 33.2 Å². The van der Waals surface area contributed by atoms with Gasteiger partial charge in [0.1, 0.15) is 11.8 Å². The molecule has 0 N–H and O–H groups in total. The van der Waals surface area contributed by atoms with Gasteiger partial charge in [-0.2, -0.15) is 0 Å². The van der Waals surface area contributed by atoms with Crippen LogP contribution in [0.2, 0.25) is 5.02 Å². The lowest BCUT2D eigenvalue weighted by atomic mass is 10.2. The first-order chi connectivity index (χ1) is 13.0. The zero-order valence-corrected chi connectivity index (χ0v) is 18.2. The van der Waals surface area contributed by atoms with Gasteiger partial charge in [-0.1, -0.05) is 29.8 Å². The number of hydrogen-bond acceptors (Lipinski definition) is 4. The van der Waals surface area contributed by atoms with Crippen molar-refractivity contribution in [3.63, 3.8) is 0 Å². The molecule has 0 unspecified atom stereocenters. The van der Waals surface area contributed by atoms with E-state index < -0.39 is 16.1 Å². The Kier molecular flexibility index (Phi) is 6.96. The van der Waals surface area contributed by atoms with Crippen LogP contribution in [0.25, 0.3) is 0 Å². The number of hydrogen-bond donors (Lipinski definition) is 0. The summed E-state index contributed by atoms with van der Waals surface area (Å²) in [6.45, 7) is 3.75. The van der Waals surface area contributed by atoms with Gasteiger partial charge in [0.15, 0.2) is 0 Å². The number of anilines is 1. The predicted octanol–water partition coefficient (Wildman–Crippen LogP) is 3.47. The van der Waals surface area contributed by atoms with Crippen LogP contribution in [0, 0.1) is 6.92 Å². The summed E-state index contributed by atoms with van der Waals surface area (Å²) in [4.78, 5) is 14.4. The van der Waals surface area contributed by atoms with Crippen molar-refractivity contribution in [2.45, 2.75) is 26.4 Å². The van der Waals surface area contributed by atoms with Crippen LogP contribution in [0.1, 0.15) is 18.1 Å². The van der Waals surface area contributed by atoms with Crippen molar-refractivity contribution in [3.8, 4) is 5.75 Å². The van der Waals surface area contributed by atoms with E-state index in [4.69, 9.17) is 16.3 Å². The standard InChI is InChI=1S/C20H25ClN2O4S/c1-14-6-9-17(12-19(14)21)23(28(5,25)26)15(2)20(24)22(3)13-16-7-10-18(27-4)11-8-16/h6-12,15H,13H2,1-5H3/t15-/m0/s1. The molecule has 1 atom stereocenters. The quantitative estimate of drug-likeness (QED) is 0.682. The molecule has 0 radical (unpaired) electrons. The first-order valence-electron chi connectivity index (χ1n) is 8.68. The molecule has 0 saturated heterocycles. The van der Waals surface area contributed by atoms with Crippen molar-refractivity contribution in [2.24, 2.45) is 0 Å². The normalized spacial score (nSPS) is 12.4. The van der Waals surface area contributed by atoms with Crippen molar-refractivity contribution in [2.75, 3.05) is 24.7 Å². The zero-order chi connectivity index (χ0) is 21.1. The summed E-state index contributed by atoms with van der Waals surface area (Å²) in [5.74, 6) is 0.406. The van der Waals surface area contributed by atoms with Crippen LogP contribution in [-0.2, 0) is 21.4 Å². The van der Waals surface area contributed by atoms with Crippen molar-refractivity contribution < 1.29 is 17.9 Å². The summed E-state index contributed by atoms with van der Waals surface area (Å²) in [6, 6.07) is 11.4. The van der Waals surface area contributed by atoms with Crippen LogP contribution < -0.4 is 9.04 Å². The number of carbonyl (C=O) groups is 1. The fourth-order valence-corrected chi connectivity index (χ4v) is 4.26. The molecule has 0 heterocycles. The van der Waals surface area contributed by atoms with Crippen LogP contribution in [0.15, 0.2) is 42.5 Å². The van der Waals surface area contributed by atoms with E-state index in [1.165, 1.54) is 4.90 Å². The molecule has 0 aliphatic carbocycles. The molecule has 2 rings (SSSR count). The molecule has 6 nitrogen and oxygen atoms in total. The molecular formula is C20H25ClN2O4S. The summed E-state index contributed by atoms with van der Waals surface area (Å²) in [5.41, 5.74) is 2.10. The Labute approximate surface area is 171 Å². The van der Waals surface area contributed by atoms with Gasteiger partial charge in [0.2, 0.25) is 15.9 Å². The number of aryl methyl sites for hydroxylation is 1. The van der Waals surface area contributed by atoms with Crippen LogP contribution in [0.3, 0.4) is 0 Å². The van der Waals surface area contributed by atoms with Crippen molar-refractivity contribution in [3.05, 3.63) is 58.6 Å². The smallest absolute Gasteiger partial charge is 0.246 e. The maximum absolute atomic E-state index is 12.9. The van der Waals surface area contributed by atoms with E-state index in [1.807, 2.05) is 31.2 Å². The molecule has 152 valence electrons.